The molecular weight excluding hydrogens is 270 g/mol. The fraction of sp³-hybridized carbons (Fsp3) is 0. The van der Waals surface area contributed by atoms with Gasteiger partial charge in [-0.25, -0.2) is 4.85 Å². The van der Waals surface area contributed by atoms with Gasteiger partial charge in [-0.1, -0.05) is 48.5 Å². The van der Waals surface area contributed by atoms with Crippen LogP contribution >= 0.6 is 0 Å². The fourth-order valence-electron chi connectivity index (χ4n) is 2.33. The first-order valence-electron chi connectivity index (χ1n) is 6.73. The smallest absolute Gasteiger partial charge is 0.203 e. The summed E-state index contributed by atoms with van der Waals surface area (Å²) in [7, 11) is 0. The van der Waals surface area contributed by atoms with Crippen LogP contribution in [-0.2, 0) is 0 Å². The maximum Gasteiger partial charge on any atom is 0.203 e. The number of aromatic nitrogens is 1. The first-order valence-corrected chi connectivity index (χ1v) is 6.73. The van der Waals surface area contributed by atoms with Gasteiger partial charge >= 0.3 is 0 Å². The molecule has 3 aromatic rings. The number of benzene rings is 2. The number of hydrogen-bond acceptors (Lipinski definition) is 1. The van der Waals surface area contributed by atoms with Crippen LogP contribution in [0.2, 0.25) is 0 Å². The molecule has 3 heteroatoms. The van der Waals surface area contributed by atoms with Crippen LogP contribution in [0.15, 0.2) is 66.9 Å². The van der Waals surface area contributed by atoms with E-state index in [0.29, 0.717) is 22.6 Å². The molecule has 0 aliphatic heterocycles. The van der Waals surface area contributed by atoms with Gasteiger partial charge in [0.2, 0.25) is 5.69 Å². The molecule has 0 saturated heterocycles. The van der Waals surface area contributed by atoms with Crippen LogP contribution in [0.5, 0.6) is 0 Å². The number of para-hydroxylation sites is 1. The van der Waals surface area contributed by atoms with E-state index in [1.807, 2.05) is 48.5 Å². The highest BCUT2D eigenvalue weighted by atomic mass is 14.8. The van der Waals surface area contributed by atoms with Crippen molar-refractivity contribution in [3.8, 4) is 22.4 Å². The Kier molecular flexibility index (Phi) is 3.64. The maximum atomic E-state index is 7.35. The Hall–Kier alpha value is -3.43. The Morgan fingerprint density at radius 3 is 2.32 bits per heavy atom. The lowest BCUT2D eigenvalue weighted by Crippen LogP contribution is -1.86. The van der Waals surface area contributed by atoms with Gasteiger partial charge in [-0.15, -0.1) is 0 Å². The minimum Gasteiger partial charge on any atom is -0.258 e. The number of rotatable bonds is 2. The summed E-state index contributed by atoms with van der Waals surface area (Å²) in [5, 5.41) is 0. The van der Waals surface area contributed by atoms with E-state index in [1.165, 1.54) is 0 Å². The van der Waals surface area contributed by atoms with Gasteiger partial charge in [0.1, 0.15) is 0 Å². The van der Waals surface area contributed by atoms with Crippen LogP contribution in [-0.4, -0.2) is 4.98 Å². The molecular formula is C19H11N3. The van der Waals surface area contributed by atoms with Crippen LogP contribution in [0.25, 0.3) is 32.1 Å². The van der Waals surface area contributed by atoms with Crippen molar-refractivity contribution < 1.29 is 0 Å². The Morgan fingerprint density at radius 1 is 0.773 bits per heavy atom. The predicted molar refractivity (Wildman–Crippen MR) is 87.6 cm³/mol. The SMILES string of the molecule is [C-]#[N+]c1cccc(-c2cc(-c3ccccc3)ccn2)c1[N+]#[C-]. The van der Waals surface area contributed by atoms with Crippen molar-refractivity contribution in [3.05, 3.63) is 89.7 Å². The van der Waals surface area contributed by atoms with Gasteiger partial charge in [0.05, 0.1) is 18.8 Å². The second-order valence-corrected chi connectivity index (χ2v) is 4.69. The van der Waals surface area contributed by atoms with Gasteiger partial charge < -0.3 is 0 Å². The molecule has 0 aliphatic rings. The second-order valence-electron chi connectivity index (χ2n) is 4.69. The molecule has 0 N–H and O–H groups in total. The zero-order valence-electron chi connectivity index (χ0n) is 11.7. The summed E-state index contributed by atoms with van der Waals surface area (Å²) in [6.45, 7) is 14.5. The molecule has 22 heavy (non-hydrogen) atoms. The molecule has 2 aromatic carbocycles. The average Bonchev–Trinajstić information content (AvgIpc) is 2.61. The Bertz CT molecular complexity index is 900. The van der Waals surface area contributed by atoms with Gasteiger partial charge in [0, 0.05) is 6.20 Å². The highest BCUT2D eigenvalue weighted by molar-refractivity contribution is 5.88. The topological polar surface area (TPSA) is 21.6 Å². The van der Waals surface area contributed by atoms with Gasteiger partial charge in [0.25, 0.3) is 0 Å². The van der Waals surface area contributed by atoms with Crippen LogP contribution in [0.1, 0.15) is 0 Å². The van der Waals surface area contributed by atoms with Gasteiger partial charge in [-0.2, -0.15) is 0 Å². The molecule has 0 atom stereocenters. The van der Waals surface area contributed by atoms with E-state index < -0.39 is 0 Å². The van der Waals surface area contributed by atoms with Crippen LogP contribution in [0.3, 0.4) is 0 Å². The number of pyridine rings is 1. The van der Waals surface area contributed by atoms with Gasteiger partial charge in [-0.05, 0) is 28.8 Å². The molecule has 0 amide bonds. The van der Waals surface area contributed by atoms with Crippen molar-refractivity contribution in [2.24, 2.45) is 0 Å². The van der Waals surface area contributed by atoms with E-state index in [4.69, 9.17) is 13.1 Å². The Morgan fingerprint density at radius 2 is 1.59 bits per heavy atom. The zero-order valence-corrected chi connectivity index (χ0v) is 11.7. The quantitative estimate of drug-likeness (QED) is 0.567. The summed E-state index contributed by atoms with van der Waals surface area (Å²) in [6, 6.07) is 19.2. The third-order valence-corrected chi connectivity index (χ3v) is 3.39. The molecule has 0 fully saturated rings. The lowest BCUT2D eigenvalue weighted by Gasteiger charge is -2.08. The van der Waals surface area contributed by atoms with Crippen molar-refractivity contribution in [2.45, 2.75) is 0 Å². The van der Waals surface area contributed by atoms with Crippen LogP contribution in [0, 0.1) is 13.1 Å². The van der Waals surface area contributed by atoms with Crippen molar-refractivity contribution in [1.82, 2.24) is 4.98 Å². The van der Waals surface area contributed by atoms with Crippen LogP contribution in [0.4, 0.5) is 11.4 Å². The van der Waals surface area contributed by atoms with E-state index in [1.54, 1.807) is 18.3 Å². The summed E-state index contributed by atoms with van der Waals surface area (Å²) in [6.07, 6.45) is 1.73. The molecule has 3 nitrogen and oxygen atoms in total. The van der Waals surface area contributed by atoms with E-state index in [0.717, 1.165) is 11.1 Å². The first kappa shape index (κ1) is 13.5. The molecule has 0 spiro atoms. The standard InChI is InChI=1S/C19H11N3/c1-20-17-10-6-9-16(19(17)21-2)18-13-15(11-12-22-18)14-7-4-3-5-8-14/h3-13H. The summed E-state index contributed by atoms with van der Waals surface area (Å²) < 4.78 is 0. The van der Waals surface area contributed by atoms with E-state index in [2.05, 4.69) is 14.7 Å². The largest absolute Gasteiger partial charge is 0.258 e. The minimum atomic E-state index is 0.357. The molecule has 1 aromatic heterocycles. The predicted octanol–water partition coefficient (Wildman–Crippen LogP) is 5.52. The maximum absolute atomic E-state index is 7.35. The third-order valence-electron chi connectivity index (χ3n) is 3.39. The summed E-state index contributed by atoms with van der Waals surface area (Å²) in [4.78, 5) is 11.3. The average molecular weight is 281 g/mol. The molecule has 1 heterocycles. The molecule has 0 aliphatic carbocycles. The van der Waals surface area contributed by atoms with Crippen molar-refractivity contribution in [3.63, 3.8) is 0 Å². The highest BCUT2D eigenvalue weighted by Gasteiger charge is 2.11. The van der Waals surface area contributed by atoms with Crippen LogP contribution < -0.4 is 0 Å². The molecule has 0 bridgehead atoms. The first-order chi connectivity index (χ1) is 10.8. The lowest BCUT2D eigenvalue weighted by molar-refractivity contribution is 1.33. The lowest BCUT2D eigenvalue weighted by atomic mass is 10.0. The molecule has 102 valence electrons. The summed E-state index contributed by atoms with van der Waals surface area (Å²) >= 11 is 0. The number of hydrogen-bond donors (Lipinski definition) is 0. The second kappa shape index (κ2) is 5.91. The Balaban J connectivity index is 2.16. The van der Waals surface area contributed by atoms with E-state index in [-0.39, 0.29) is 0 Å². The highest BCUT2D eigenvalue weighted by Crippen LogP contribution is 2.38. The molecule has 0 saturated carbocycles. The van der Waals surface area contributed by atoms with Crippen molar-refractivity contribution in [2.75, 3.05) is 0 Å². The molecule has 3 rings (SSSR count). The monoisotopic (exact) mass is 281 g/mol. The molecule has 0 radical (unpaired) electrons. The molecule has 0 unspecified atom stereocenters. The Labute approximate surface area is 129 Å². The van der Waals surface area contributed by atoms with E-state index in [9.17, 15) is 0 Å². The third kappa shape index (κ3) is 2.44. The zero-order chi connectivity index (χ0) is 15.4. The van der Waals surface area contributed by atoms with Crippen molar-refractivity contribution >= 4 is 11.4 Å². The fourth-order valence-corrected chi connectivity index (χ4v) is 2.33. The van der Waals surface area contributed by atoms with E-state index >= 15 is 0 Å². The minimum absolute atomic E-state index is 0.357. The van der Waals surface area contributed by atoms with Gasteiger partial charge in [0.15, 0.2) is 5.69 Å². The normalized spacial score (nSPS) is 9.73. The van der Waals surface area contributed by atoms with Gasteiger partial charge in [-0.3, -0.25) is 9.83 Å². The summed E-state index contributed by atoms with van der Waals surface area (Å²) in [5.41, 5.74) is 4.25. The summed E-state index contributed by atoms with van der Waals surface area (Å²) in [5.74, 6) is 0. The van der Waals surface area contributed by atoms with Crippen molar-refractivity contribution in [1.29, 1.82) is 0 Å². The number of nitrogens with zero attached hydrogens (tertiary/aromatic N) is 3.